The average Bonchev–Trinajstić information content (AvgIpc) is 2.44. The lowest BCUT2D eigenvalue weighted by atomic mass is 10.3. The Bertz CT molecular complexity index is 232. The van der Waals surface area contributed by atoms with E-state index in [2.05, 4.69) is 35.9 Å². The molecule has 1 fully saturated rings. The highest BCUT2D eigenvalue weighted by atomic mass is 28.4. The van der Waals surface area contributed by atoms with Gasteiger partial charge < -0.3 is 19.5 Å². The van der Waals surface area contributed by atoms with E-state index in [0.717, 1.165) is 58.4 Å². The average molecular weight is 304 g/mol. The van der Waals surface area contributed by atoms with Crippen molar-refractivity contribution in [1.82, 2.24) is 15.5 Å². The second-order valence-corrected chi connectivity index (χ2v) is 8.79. The first kappa shape index (κ1) is 18.1. The van der Waals surface area contributed by atoms with Crippen molar-refractivity contribution in [2.45, 2.75) is 32.9 Å². The molecule has 1 aliphatic rings. The van der Waals surface area contributed by atoms with Crippen LogP contribution in [0.5, 0.6) is 0 Å². The van der Waals surface area contributed by atoms with Gasteiger partial charge in [-0.25, -0.2) is 0 Å². The largest absolute Gasteiger partial charge is 0.395 e. The summed E-state index contributed by atoms with van der Waals surface area (Å²) in [5, 5.41) is 6.92. The van der Waals surface area contributed by atoms with Gasteiger partial charge in [-0.05, 0) is 39.4 Å². The number of nitrogens with zero attached hydrogens (tertiary/aromatic N) is 1. The molecular formula is C14H33N3O2Si. The summed E-state index contributed by atoms with van der Waals surface area (Å²) < 4.78 is 11.7. The molecular weight excluding hydrogens is 270 g/mol. The number of piperazine rings is 1. The summed E-state index contributed by atoms with van der Waals surface area (Å²) in [5.41, 5.74) is 0. The fraction of sp³-hybridized carbons (Fsp3) is 1.00. The van der Waals surface area contributed by atoms with Gasteiger partial charge in [0.15, 0.2) is 0 Å². The van der Waals surface area contributed by atoms with Crippen LogP contribution in [0.25, 0.3) is 0 Å². The topological polar surface area (TPSA) is 45.8 Å². The third kappa shape index (κ3) is 7.71. The van der Waals surface area contributed by atoms with Gasteiger partial charge in [0.05, 0.1) is 0 Å². The van der Waals surface area contributed by atoms with Crippen molar-refractivity contribution in [1.29, 1.82) is 0 Å². The fourth-order valence-electron chi connectivity index (χ4n) is 2.63. The molecule has 0 aromatic heterocycles. The van der Waals surface area contributed by atoms with E-state index in [1.807, 2.05) is 0 Å². The molecule has 0 aliphatic carbocycles. The summed E-state index contributed by atoms with van der Waals surface area (Å²) >= 11 is 0. The van der Waals surface area contributed by atoms with Crippen LogP contribution in [0.15, 0.2) is 0 Å². The van der Waals surface area contributed by atoms with Gasteiger partial charge in [0.2, 0.25) is 0 Å². The Morgan fingerprint density at radius 1 is 1.10 bits per heavy atom. The van der Waals surface area contributed by atoms with Crippen LogP contribution in [-0.4, -0.2) is 72.5 Å². The molecule has 0 aromatic rings. The maximum atomic E-state index is 5.85. The number of hydrogen-bond donors (Lipinski definition) is 2. The Balaban J connectivity index is 2.02. The molecule has 0 aromatic carbocycles. The Kier molecular flexibility index (Phi) is 9.67. The summed E-state index contributed by atoms with van der Waals surface area (Å²) in [4.78, 5) is 2.52. The maximum absolute atomic E-state index is 5.85. The first-order valence-electron chi connectivity index (χ1n) is 8.12. The molecule has 0 radical (unpaired) electrons. The highest BCUT2D eigenvalue weighted by Gasteiger charge is 2.29. The second-order valence-electron chi connectivity index (χ2n) is 5.45. The molecule has 1 saturated heterocycles. The monoisotopic (exact) mass is 303 g/mol. The van der Waals surface area contributed by atoms with Crippen molar-refractivity contribution in [3.8, 4) is 0 Å². The molecule has 120 valence electrons. The Labute approximate surface area is 125 Å². The summed E-state index contributed by atoms with van der Waals surface area (Å²) in [6.07, 6.45) is 1.14. The Morgan fingerprint density at radius 2 is 1.75 bits per heavy atom. The molecule has 0 spiro atoms. The molecule has 5 nitrogen and oxygen atoms in total. The van der Waals surface area contributed by atoms with Crippen molar-refractivity contribution in [3.63, 3.8) is 0 Å². The van der Waals surface area contributed by atoms with E-state index in [9.17, 15) is 0 Å². The molecule has 0 amide bonds. The first-order chi connectivity index (χ1) is 9.70. The number of hydrogen-bond acceptors (Lipinski definition) is 5. The Hall–Kier alpha value is 0.0169. The minimum atomic E-state index is -1.90. The van der Waals surface area contributed by atoms with Gasteiger partial charge in [0, 0.05) is 52.5 Å². The third-order valence-electron chi connectivity index (χ3n) is 3.70. The standard InChI is InChI=1S/C14H33N3O2Si/c1-4-18-20(3,19-5-2)14-6-7-15-8-11-17-12-9-16-10-13-17/h15-16H,4-14H2,1-3H3. The first-order valence-corrected chi connectivity index (χ1v) is 10.6. The molecule has 1 heterocycles. The molecule has 0 unspecified atom stereocenters. The molecule has 0 saturated carbocycles. The molecule has 1 aliphatic heterocycles. The molecule has 1 rings (SSSR count). The van der Waals surface area contributed by atoms with Gasteiger partial charge in [-0.2, -0.15) is 0 Å². The normalized spacial score (nSPS) is 17.6. The van der Waals surface area contributed by atoms with Gasteiger partial charge in [-0.3, -0.25) is 4.90 Å². The van der Waals surface area contributed by atoms with Crippen molar-refractivity contribution in [2.75, 3.05) is 59.0 Å². The van der Waals surface area contributed by atoms with Crippen LogP contribution in [0, 0.1) is 0 Å². The van der Waals surface area contributed by atoms with Gasteiger partial charge in [0.25, 0.3) is 0 Å². The van der Waals surface area contributed by atoms with Gasteiger partial charge in [0.1, 0.15) is 0 Å². The van der Waals surface area contributed by atoms with Crippen molar-refractivity contribution < 1.29 is 8.85 Å². The molecule has 0 atom stereocenters. The van der Waals surface area contributed by atoms with Crippen LogP contribution < -0.4 is 10.6 Å². The summed E-state index contributed by atoms with van der Waals surface area (Å²) in [5.74, 6) is 0. The molecule has 6 heteroatoms. The summed E-state index contributed by atoms with van der Waals surface area (Å²) in [6.45, 7) is 15.7. The lowest BCUT2D eigenvalue weighted by Gasteiger charge is -2.27. The molecule has 0 bridgehead atoms. The molecule has 2 N–H and O–H groups in total. The van der Waals surface area contributed by atoms with Crippen LogP contribution in [0.1, 0.15) is 20.3 Å². The van der Waals surface area contributed by atoms with Crippen LogP contribution in [0.3, 0.4) is 0 Å². The maximum Gasteiger partial charge on any atom is 0.334 e. The van der Waals surface area contributed by atoms with E-state index in [1.54, 1.807) is 0 Å². The predicted octanol–water partition coefficient (Wildman–Crippen LogP) is 1.02. The van der Waals surface area contributed by atoms with E-state index < -0.39 is 8.56 Å². The summed E-state index contributed by atoms with van der Waals surface area (Å²) in [6, 6.07) is 1.08. The predicted molar refractivity (Wildman–Crippen MR) is 86.5 cm³/mol. The van der Waals surface area contributed by atoms with E-state index in [-0.39, 0.29) is 0 Å². The lowest BCUT2D eigenvalue weighted by Crippen LogP contribution is -2.45. The highest BCUT2D eigenvalue weighted by Crippen LogP contribution is 2.15. The van der Waals surface area contributed by atoms with Crippen molar-refractivity contribution >= 4 is 8.56 Å². The SMILES string of the molecule is CCO[Si](C)(CCCNCCN1CCNCC1)OCC. The van der Waals surface area contributed by atoms with E-state index in [1.165, 1.54) is 13.1 Å². The lowest BCUT2D eigenvalue weighted by molar-refractivity contribution is 0.188. The van der Waals surface area contributed by atoms with Crippen molar-refractivity contribution in [2.24, 2.45) is 0 Å². The van der Waals surface area contributed by atoms with Crippen LogP contribution in [-0.2, 0) is 8.85 Å². The summed E-state index contributed by atoms with van der Waals surface area (Å²) in [7, 11) is -1.90. The van der Waals surface area contributed by atoms with Crippen LogP contribution in [0.4, 0.5) is 0 Å². The fourth-order valence-corrected chi connectivity index (χ4v) is 5.04. The van der Waals surface area contributed by atoms with Gasteiger partial charge in [-0.1, -0.05) is 0 Å². The second kappa shape index (κ2) is 10.7. The van der Waals surface area contributed by atoms with Crippen LogP contribution in [0.2, 0.25) is 12.6 Å². The third-order valence-corrected chi connectivity index (χ3v) is 6.76. The smallest absolute Gasteiger partial charge is 0.334 e. The minimum Gasteiger partial charge on any atom is -0.395 e. The van der Waals surface area contributed by atoms with E-state index in [4.69, 9.17) is 8.85 Å². The molecule has 20 heavy (non-hydrogen) atoms. The zero-order valence-electron chi connectivity index (χ0n) is 13.5. The zero-order valence-corrected chi connectivity index (χ0v) is 14.5. The quantitative estimate of drug-likeness (QED) is 0.441. The Morgan fingerprint density at radius 3 is 2.35 bits per heavy atom. The van der Waals surface area contributed by atoms with E-state index >= 15 is 0 Å². The van der Waals surface area contributed by atoms with Crippen molar-refractivity contribution in [3.05, 3.63) is 0 Å². The highest BCUT2D eigenvalue weighted by molar-refractivity contribution is 6.66. The number of nitrogens with one attached hydrogen (secondary N) is 2. The van der Waals surface area contributed by atoms with Gasteiger partial charge in [-0.15, -0.1) is 0 Å². The number of rotatable bonds is 11. The van der Waals surface area contributed by atoms with E-state index in [0.29, 0.717) is 0 Å². The van der Waals surface area contributed by atoms with Gasteiger partial charge >= 0.3 is 8.56 Å². The van der Waals surface area contributed by atoms with Crippen LogP contribution >= 0.6 is 0 Å². The minimum absolute atomic E-state index is 0.763. The zero-order chi connectivity index (χ0) is 14.7.